The zero-order valence-electron chi connectivity index (χ0n) is 19.0. The zero-order chi connectivity index (χ0) is 25.5. The molecule has 0 aromatic heterocycles. The third kappa shape index (κ3) is 7.09. The lowest BCUT2D eigenvalue weighted by atomic mass is 10.0. The summed E-state index contributed by atoms with van der Waals surface area (Å²) in [6, 6.07) is 9.67. The Morgan fingerprint density at radius 2 is 1.85 bits per heavy atom. The van der Waals surface area contributed by atoms with Crippen LogP contribution >= 0.6 is 0 Å². The molecule has 0 radical (unpaired) electrons. The van der Waals surface area contributed by atoms with E-state index in [0.29, 0.717) is 6.42 Å². The Kier molecular flexibility index (Phi) is 9.28. The average molecular weight is 494 g/mol. The predicted octanol–water partition coefficient (Wildman–Crippen LogP) is 1.68. The highest BCUT2D eigenvalue weighted by Crippen LogP contribution is 2.29. The van der Waals surface area contributed by atoms with Crippen molar-refractivity contribution in [1.29, 1.82) is 0 Å². The van der Waals surface area contributed by atoms with Crippen LogP contribution in [-0.4, -0.2) is 48.8 Å². The maximum Gasteiger partial charge on any atom is 0.264 e. The lowest BCUT2D eigenvalue weighted by molar-refractivity contribution is -0.135. The number of carbonyl (C=O) groups excluding carboxylic acids is 3. The van der Waals surface area contributed by atoms with Gasteiger partial charge in [0.15, 0.2) is 0 Å². The molecule has 0 bridgehead atoms. The molecule has 2 rings (SSSR count). The molecular weight excluding hydrogens is 465 g/mol. The van der Waals surface area contributed by atoms with E-state index in [1.165, 1.54) is 35.2 Å². The number of nitrogens with zero attached hydrogens (tertiary/aromatic N) is 1. The summed E-state index contributed by atoms with van der Waals surface area (Å²) in [4.78, 5) is 36.4. The van der Waals surface area contributed by atoms with Gasteiger partial charge in [-0.1, -0.05) is 43.7 Å². The Bertz CT molecular complexity index is 1170. The van der Waals surface area contributed by atoms with Crippen LogP contribution in [0.5, 0.6) is 0 Å². The molecule has 3 amide bonds. The number of nitrogens with one attached hydrogen (secondary N) is 1. The van der Waals surface area contributed by atoms with Crippen LogP contribution < -0.4 is 10.5 Å². The van der Waals surface area contributed by atoms with E-state index >= 15 is 0 Å². The van der Waals surface area contributed by atoms with Gasteiger partial charge in [-0.25, -0.2) is 17.5 Å². The minimum absolute atomic E-state index is 0.123. The second kappa shape index (κ2) is 11.7. The number of aliphatic hydroxyl groups is 1. The van der Waals surface area contributed by atoms with E-state index in [-0.39, 0.29) is 47.0 Å². The Labute approximate surface area is 197 Å². The second-order valence-electron chi connectivity index (χ2n) is 7.77. The van der Waals surface area contributed by atoms with Gasteiger partial charge in [0.25, 0.3) is 15.9 Å². The van der Waals surface area contributed by atoms with Crippen molar-refractivity contribution >= 4 is 27.7 Å². The number of carbonyl (C=O) groups is 3. The highest BCUT2D eigenvalue weighted by molar-refractivity contribution is 7.90. The van der Waals surface area contributed by atoms with Crippen LogP contribution in [0.1, 0.15) is 38.7 Å². The lowest BCUT2D eigenvalue weighted by Crippen LogP contribution is -2.38. The van der Waals surface area contributed by atoms with Gasteiger partial charge >= 0.3 is 0 Å². The summed E-state index contributed by atoms with van der Waals surface area (Å²) < 4.78 is 42.1. The molecule has 0 fully saturated rings. The van der Waals surface area contributed by atoms with Crippen molar-refractivity contribution in [3.05, 3.63) is 53.8 Å². The number of primary amides is 1. The third-order valence-corrected chi connectivity index (χ3v) is 6.36. The maximum atomic E-state index is 15.0. The fourth-order valence-electron chi connectivity index (χ4n) is 3.17. The molecule has 0 saturated heterocycles. The van der Waals surface area contributed by atoms with Gasteiger partial charge in [0.1, 0.15) is 11.9 Å². The molecule has 0 heterocycles. The first-order chi connectivity index (χ1) is 16.0. The van der Waals surface area contributed by atoms with Crippen LogP contribution in [0.4, 0.5) is 4.39 Å². The summed E-state index contributed by atoms with van der Waals surface area (Å²) in [5.74, 6) is -2.86. The van der Waals surface area contributed by atoms with Gasteiger partial charge in [-0.3, -0.25) is 14.4 Å². The van der Waals surface area contributed by atoms with Crippen molar-refractivity contribution in [2.24, 2.45) is 5.73 Å². The molecule has 0 saturated carbocycles. The zero-order valence-corrected chi connectivity index (χ0v) is 19.8. The summed E-state index contributed by atoms with van der Waals surface area (Å²) in [6.07, 6.45) is 0.0559. The van der Waals surface area contributed by atoms with Gasteiger partial charge in [-0.2, -0.15) is 0 Å². The number of hydrogen-bond acceptors (Lipinski definition) is 6. The van der Waals surface area contributed by atoms with E-state index < -0.39 is 33.8 Å². The first kappa shape index (κ1) is 26.9. The van der Waals surface area contributed by atoms with Crippen LogP contribution in [0.25, 0.3) is 11.1 Å². The van der Waals surface area contributed by atoms with Crippen LogP contribution in [0.15, 0.2) is 47.4 Å². The number of aliphatic hydroxyl groups excluding tert-OH is 1. The first-order valence-electron chi connectivity index (χ1n) is 10.6. The van der Waals surface area contributed by atoms with Crippen molar-refractivity contribution in [2.45, 2.75) is 50.7 Å². The quantitative estimate of drug-likeness (QED) is 0.434. The van der Waals surface area contributed by atoms with Gasteiger partial charge < -0.3 is 15.7 Å². The molecule has 0 aliphatic heterocycles. The predicted molar refractivity (Wildman–Crippen MR) is 123 cm³/mol. The molecule has 2 aromatic carbocycles. The Balaban J connectivity index is 2.37. The molecule has 1 atom stereocenters. The van der Waals surface area contributed by atoms with Gasteiger partial charge in [0.2, 0.25) is 11.8 Å². The van der Waals surface area contributed by atoms with Gasteiger partial charge in [0.05, 0.1) is 11.4 Å². The van der Waals surface area contributed by atoms with E-state index in [1.54, 1.807) is 10.8 Å². The Morgan fingerprint density at radius 1 is 1.18 bits per heavy atom. The lowest BCUT2D eigenvalue weighted by Gasteiger charge is -2.22. The molecule has 0 aliphatic carbocycles. The van der Waals surface area contributed by atoms with Crippen molar-refractivity contribution in [1.82, 2.24) is 9.62 Å². The molecule has 4 N–H and O–H groups in total. The minimum Gasteiger partial charge on any atom is -0.384 e. The minimum atomic E-state index is -4.35. The maximum absolute atomic E-state index is 15.0. The average Bonchev–Trinajstić information content (AvgIpc) is 2.77. The van der Waals surface area contributed by atoms with Crippen molar-refractivity contribution < 1.29 is 32.3 Å². The molecule has 184 valence electrons. The van der Waals surface area contributed by atoms with Crippen molar-refractivity contribution in [2.75, 3.05) is 6.54 Å². The number of benzene rings is 2. The molecular formula is C23H28FN3O6S. The normalized spacial score (nSPS) is 12.1. The Hall–Kier alpha value is -3.31. The summed E-state index contributed by atoms with van der Waals surface area (Å²) in [7, 11) is -4.35. The highest BCUT2D eigenvalue weighted by Gasteiger charge is 2.24. The van der Waals surface area contributed by atoms with Crippen molar-refractivity contribution in [3.63, 3.8) is 0 Å². The highest BCUT2D eigenvalue weighted by atomic mass is 32.2. The molecule has 0 spiro atoms. The fourth-order valence-corrected chi connectivity index (χ4v) is 4.45. The van der Waals surface area contributed by atoms with Crippen LogP contribution in [0.2, 0.25) is 0 Å². The third-order valence-electron chi connectivity index (χ3n) is 4.96. The molecule has 0 unspecified atom stereocenters. The largest absolute Gasteiger partial charge is 0.384 e. The van der Waals surface area contributed by atoms with E-state index in [1.807, 2.05) is 6.92 Å². The number of nitrogens with two attached hydrogens (primary N) is 1. The van der Waals surface area contributed by atoms with Crippen LogP contribution in [-0.2, 0) is 31.0 Å². The van der Waals surface area contributed by atoms with E-state index in [9.17, 15) is 32.3 Å². The number of halogens is 1. The number of hydrogen-bond donors (Lipinski definition) is 3. The van der Waals surface area contributed by atoms with Crippen LogP contribution in [0.3, 0.4) is 0 Å². The number of amides is 3. The fraction of sp³-hybridized carbons (Fsp3) is 0.348. The molecule has 9 nitrogen and oxygen atoms in total. The number of unbranched alkanes of at least 4 members (excludes halogenated alkanes) is 1. The summed E-state index contributed by atoms with van der Waals surface area (Å²) in [5, 5.41) is 9.31. The standard InChI is InChI=1S/C23H28FN3O6S/c1-3-4-9-22(30)27(14-21(25)29)13-17-11-10-16(12-19(17)24)18-7-5-6-8-20(18)34(32,33)26-23(31)15(2)28/h5-8,10-12,15,28H,3-4,9,13-14H2,1-2H3,(H2,25,29)(H,26,31)/t15-/m0/s1. The molecule has 34 heavy (non-hydrogen) atoms. The summed E-state index contributed by atoms with van der Waals surface area (Å²) in [5.41, 5.74) is 5.70. The number of rotatable bonds is 11. The molecule has 2 aromatic rings. The van der Waals surface area contributed by atoms with Gasteiger partial charge in [0, 0.05) is 24.1 Å². The Morgan fingerprint density at radius 3 is 2.44 bits per heavy atom. The van der Waals surface area contributed by atoms with Gasteiger partial charge in [-0.05, 0) is 31.0 Å². The monoisotopic (exact) mass is 493 g/mol. The van der Waals surface area contributed by atoms with Crippen LogP contribution in [0, 0.1) is 5.82 Å². The van der Waals surface area contributed by atoms with Crippen molar-refractivity contribution in [3.8, 4) is 11.1 Å². The SMILES string of the molecule is CCCCC(=O)N(CC(N)=O)Cc1ccc(-c2ccccc2S(=O)(=O)NC(=O)[C@H](C)O)cc1F. The van der Waals surface area contributed by atoms with E-state index in [0.717, 1.165) is 19.4 Å². The topological polar surface area (TPSA) is 147 Å². The van der Waals surface area contributed by atoms with E-state index in [2.05, 4.69) is 0 Å². The van der Waals surface area contributed by atoms with E-state index in [4.69, 9.17) is 5.73 Å². The second-order valence-corrected chi connectivity index (χ2v) is 9.42. The molecule has 11 heteroatoms. The summed E-state index contributed by atoms with van der Waals surface area (Å²) >= 11 is 0. The smallest absolute Gasteiger partial charge is 0.264 e. The van der Waals surface area contributed by atoms with Gasteiger partial charge in [-0.15, -0.1) is 0 Å². The summed E-state index contributed by atoms with van der Waals surface area (Å²) in [6.45, 7) is 2.51. The first-order valence-corrected chi connectivity index (χ1v) is 12.1. The molecule has 0 aliphatic rings. The number of sulfonamides is 1.